The van der Waals surface area contributed by atoms with Crippen molar-refractivity contribution in [2.24, 2.45) is 0 Å². The summed E-state index contributed by atoms with van der Waals surface area (Å²) in [5.41, 5.74) is 14.0. The Kier molecular flexibility index (Phi) is 8.19. The minimum atomic E-state index is 1.09. The van der Waals surface area contributed by atoms with Gasteiger partial charge in [0.15, 0.2) is 0 Å². The Balaban J connectivity index is 1.03. The molecular weight excluding hydrogens is 701 g/mol. The number of benzene rings is 10. The number of rotatable bonds is 7. The molecule has 11 rings (SSSR count). The maximum absolute atomic E-state index is 2.41. The van der Waals surface area contributed by atoms with E-state index in [1.807, 2.05) is 0 Å². The van der Waals surface area contributed by atoms with Gasteiger partial charge >= 0.3 is 0 Å². The fourth-order valence-corrected chi connectivity index (χ4v) is 8.71. The average molecular weight is 739 g/mol. The molecule has 0 N–H and O–H groups in total. The Morgan fingerprint density at radius 2 is 0.776 bits per heavy atom. The van der Waals surface area contributed by atoms with Crippen LogP contribution in [0.4, 0.5) is 17.1 Å². The lowest BCUT2D eigenvalue weighted by Crippen LogP contribution is -2.10. The number of hydrogen-bond donors (Lipinski definition) is 0. The van der Waals surface area contributed by atoms with Gasteiger partial charge in [0.2, 0.25) is 0 Å². The van der Waals surface area contributed by atoms with Crippen molar-refractivity contribution < 1.29 is 0 Å². The fourth-order valence-electron chi connectivity index (χ4n) is 8.71. The van der Waals surface area contributed by atoms with E-state index in [2.05, 4.69) is 240 Å². The lowest BCUT2D eigenvalue weighted by Gasteiger charge is -2.27. The molecule has 0 spiro atoms. The standard InChI is InChI=1S/C56H38N2/c1-2-13-39(14-3-1)44-27-28-47-38-50(34-31-46(47)36-44)57(49-18-12-17-43(37-49)45-26-25-40-15-4-5-16-42(40)35-45)48-32-29-41(30-33-48)51-19-6-9-22-54(51)58-55-23-10-7-20-52(55)53-21-8-11-24-56(53)58/h1-38H. The molecule has 0 aliphatic heterocycles. The summed E-state index contributed by atoms with van der Waals surface area (Å²) < 4.78 is 2.41. The summed E-state index contributed by atoms with van der Waals surface area (Å²) in [4.78, 5) is 2.39. The zero-order chi connectivity index (χ0) is 38.4. The van der Waals surface area contributed by atoms with Crippen molar-refractivity contribution in [2.45, 2.75) is 0 Å². The summed E-state index contributed by atoms with van der Waals surface area (Å²) in [5.74, 6) is 0. The molecule has 58 heavy (non-hydrogen) atoms. The average Bonchev–Trinajstić information content (AvgIpc) is 3.64. The third-order valence-electron chi connectivity index (χ3n) is 11.5. The van der Waals surface area contributed by atoms with E-state index in [1.165, 1.54) is 71.2 Å². The monoisotopic (exact) mass is 738 g/mol. The number of aromatic nitrogens is 1. The quantitative estimate of drug-likeness (QED) is 0.158. The van der Waals surface area contributed by atoms with Crippen molar-refractivity contribution in [1.29, 1.82) is 0 Å². The van der Waals surface area contributed by atoms with Crippen LogP contribution in [0.5, 0.6) is 0 Å². The molecule has 2 nitrogen and oxygen atoms in total. The maximum Gasteiger partial charge on any atom is 0.0541 e. The largest absolute Gasteiger partial charge is 0.310 e. The van der Waals surface area contributed by atoms with Crippen LogP contribution in [0.2, 0.25) is 0 Å². The number of fused-ring (bicyclic) bond motifs is 5. The summed E-state index contributed by atoms with van der Waals surface area (Å²) >= 11 is 0. The second-order valence-corrected chi connectivity index (χ2v) is 15.0. The van der Waals surface area contributed by atoms with Crippen LogP contribution in [0, 0.1) is 0 Å². The maximum atomic E-state index is 2.41. The second-order valence-electron chi connectivity index (χ2n) is 15.0. The predicted molar refractivity (Wildman–Crippen MR) is 247 cm³/mol. The lowest BCUT2D eigenvalue weighted by molar-refractivity contribution is 1.18. The summed E-state index contributed by atoms with van der Waals surface area (Å²) in [7, 11) is 0. The van der Waals surface area contributed by atoms with Gasteiger partial charge in [-0.15, -0.1) is 0 Å². The number of nitrogens with zero attached hydrogens (tertiary/aromatic N) is 2. The van der Waals surface area contributed by atoms with Gasteiger partial charge in [0.05, 0.1) is 16.7 Å². The van der Waals surface area contributed by atoms with E-state index >= 15 is 0 Å². The first-order valence-electron chi connectivity index (χ1n) is 19.9. The van der Waals surface area contributed by atoms with Crippen LogP contribution >= 0.6 is 0 Å². The van der Waals surface area contributed by atoms with E-state index in [9.17, 15) is 0 Å². The van der Waals surface area contributed by atoms with Crippen molar-refractivity contribution in [1.82, 2.24) is 4.57 Å². The van der Waals surface area contributed by atoms with Gasteiger partial charge in [0.25, 0.3) is 0 Å². The molecule has 0 aliphatic carbocycles. The molecule has 0 amide bonds. The van der Waals surface area contributed by atoms with Crippen LogP contribution in [0.15, 0.2) is 231 Å². The first-order valence-corrected chi connectivity index (χ1v) is 19.9. The first kappa shape index (κ1) is 33.6. The van der Waals surface area contributed by atoms with Crippen molar-refractivity contribution in [3.8, 4) is 39.1 Å². The molecule has 2 heteroatoms. The van der Waals surface area contributed by atoms with Gasteiger partial charge in [-0.25, -0.2) is 0 Å². The molecule has 0 atom stereocenters. The van der Waals surface area contributed by atoms with Gasteiger partial charge in [0, 0.05) is 33.4 Å². The molecule has 0 unspecified atom stereocenters. The summed E-state index contributed by atoms with van der Waals surface area (Å²) in [6, 6.07) is 83.7. The van der Waals surface area contributed by atoms with Crippen LogP contribution < -0.4 is 4.90 Å². The third-order valence-corrected chi connectivity index (χ3v) is 11.5. The molecule has 0 radical (unpaired) electrons. The van der Waals surface area contributed by atoms with E-state index in [4.69, 9.17) is 0 Å². The van der Waals surface area contributed by atoms with E-state index in [0.29, 0.717) is 0 Å². The topological polar surface area (TPSA) is 8.17 Å². The summed E-state index contributed by atoms with van der Waals surface area (Å²) in [6.45, 7) is 0. The minimum Gasteiger partial charge on any atom is -0.310 e. The third kappa shape index (κ3) is 5.91. The van der Waals surface area contributed by atoms with Gasteiger partial charge < -0.3 is 9.47 Å². The normalized spacial score (nSPS) is 11.4. The Morgan fingerprint density at radius 3 is 1.55 bits per heavy atom. The molecule has 0 bridgehead atoms. The highest BCUT2D eigenvalue weighted by atomic mass is 15.1. The first-order chi connectivity index (χ1) is 28.7. The van der Waals surface area contributed by atoms with Crippen LogP contribution in [0.3, 0.4) is 0 Å². The predicted octanol–water partition coefficient (Wildman–Crippen LogP) is 15.6. The molecule has 1 heterocycles. The van der Waals surface area contributed by atoms with Gasteiger partial charge in [-0.1, -0.05) is 164 Å². The van der Waals surface area contributed by atoms with Gasteiger partial charge in [-0.2, -0.15) is 0 Å². The van der Waals surface area contributed by atoms with Crippen molar-refractivity contribution in [3.63, 3.8) is 0 Å². The van der Waals surface area contributed by atoms with Gasteiger partial charge in [-0.3, -0.25) is 0 Å². The van der Waals surface area contributed by atoms with Gasteiger partial charge in [-0.05, 0) is 116 Å². The highest BCUT2D eigenvalue weighted by Crippen LogP contribution is 2.41. The molecular formula is C56H38N2. The van der Waals surface area contributed by atoms with E-state index in [0.717, 1.165) is 28.3 Å². The van der Waals surface area contributed by atoms with E-state index in [-0.39, 0.29) is 0 Å². The molecule has 10 aromatic carbocycles. The van der Waals surface area contributed by atoms with Crippen LogP contribution in [0.1, 0.15) is 0 Å². The van der Waals surface area contributed by atoms with Gasteiger partial charge in [0.1, 0.15) is 0 Å². The van der Waals surface area contributed by atoms with Crippen molar-refractivity contribution in [3.05, 3.63) is 231 Å². The molecule has 11 aromatic rings. The minimum absolute atomic E-state index is 1.09. The SMILES string of the molecule is c1ccc(-c2ccc3cc(N(c4ccc(-c5ccccc5-n5c6ccccc6c6ccccc65)cc4)c4cccc(-c5ccc6ccccc6c5)c4)ccc3c2)cc1. The number of para-hydroxylation sites is 3. The zero-order valence-corrected chi connectivity index (χ0v) is 31.8. The summed E-state index contributed by atoms with van der Waals surface area (Å²) in [6.07, 6.45) is 0. The van der Waals surface area contributed by atoms with Crippen molar-refractivity contribution in [2.75, 3.05) is 4.90 Å². The number of hydrogen-bond acceptors (Lipinski definition) is 1. The highest BCUT2D eigenvalue weighted by molar-refractivity contribution is 6.09. The Labute approximate surface area is 338 Å². The Hall–Kier alpha value is -7.68. The van der Waals surface area contributed by atoms with Crippen LogP contribution in [0.25, 0.3) is 82.4 Å². The molecule has 0 saturated carbocycles. The van der Waals surface area contributed by atoms with Crippen LogP contribution in [-0.4, -0.2) is 4.57 Å². The molecule has 0 saturated heterocycles. The zero-order valence-electron chi connectivity index (χ0n) is 31.8. The Morgan fingerprint density at radius 1 is 0.276 bits per heavy atom. The van der Waals surface area contributed by atoms with Crippen molar-refractivity contribution >= 4 is 60.4 Å². The lowest BCUT2D eigenvalue weighted by atomic mass is 9.99. The highest BCUT2D eigenvalue weighted by Gasteiger charge is 2.18. The molecule has 272 valence electrons. The smallest absolute Gasteiger partial charge is 0.0541 e. The fraction of sp³-hybridized carbons (Fsp3) is 0. The Bertz CT molecular complexity index is 3230. The molecule has 0 fully saturated rings. The summed E-state index contributed by atoms with van der Waals surface area (Å²) in [5, 5.41) is 7.42. The second kappa shape index (κ2) is 14.1. The van der Waals surface area contributed by atoms with Crippen LogP contribution in [-0.2, 0) is 0 Å². The molecule has 1 aromatic heterocycles. The van der Waals surface area contributed by atoms with E-state index in [1.54, 1.807) is 0 Å². The molecule has 0 aliphatic rings. The van der Waals surface area contributed by atoms with E-state index < -0.39 is 0 Å². The number of anilines is 3.